The Morgan fingerprint density at radius 3 is 2.67 bits per heavy atom. The summed E-state index contributed by atoms with van der Waals surface area (Å²) in [5.74, 6) is 0.105. The molecule has 0 radical (unpaired) electrons. The molecule has 1 aliphatic heterocycles. The van der Waals surface area contributed by atoms with E-state index in [1.807, 2.05) is 6.92 Å². The predicted octanol–water partition coefficient (Wildman–Crippen LogP) is 0.426. The van der Waals surface area contributed by atoms with Crippen molar-refractivity contribution in [3.63, 3.8) is 0 Å². The summed E-state index contributed by atoms with van der Waals surface area (Å²) in [5.41, 5.74) is 5.40. The molecule has 2 fully saturated rings. The van der Waals surface area contributed by atoms with Crippen molar-refractivity contribution >= 4 is 5.91 Å². The van der Waals surface area contributed by atoms with Gasteiger partial charge in [0.05, 0.1) is 11.5 Å². The van der Waals surface area contributed by atoms with Gasteiger partial charge in [0.2, 0.25) is 5.91 Å². The van der Waals surface area contributed by atoms with Crippen LogP contribution in [0.5, 0.6) is 0 Å². The molecule has 0 unspecified atom stereocenters. The number of amides is 1. The monoisotopic (exact) mass is 256 g/mol. The van der Waals surface area contributed by atoms with Crippen molar-refractivity contribution < 1.29 is 14.3 Å². The van der Waals surface area contributed by atoms with E-state index in [-0.39, 0.29) is 11.9 Å². The summed E-state index contributed by atoms with van der Waals surface area (Å²) >= 11 is 0. The lowest BCUT2D eigenvalue weighted by molar-refractivity contribution is -0.138. The molecule has 18 heavy (non-hydrogen) atoms. The first-order valence-electron chi connectivity index (χ1n) is 6.90. The van der Waals surface area contributed by atoms with E-state index in [2.05, 4.69) is 5.32 Å². The zero-order valence-electron chi connectivity index (χ0n) is 11.1. The lowest BCUT2D eigenvalue weighted by Crippen LogP contribution is -2.55. The van der Waals surface area contributed by atoms with Gasteiger partial charge in [0.25, 0.3) is 0 Å². The standard InChI is InChI=1S/C13H24N2O3/c1-2-18-11-7-10(8-11)15-12(16)13(9-14)3-5-17-6-4-13/h10-11H,2-9,14H2,1H3,(H,15,16). The summed E-state index contributed by atoms with van der Waals surface area (Å²) in [5, 5.41) is 3.11. The predicted molar refractivity (Wildman–Crippen MR) is 68.1 cm³/mol. The highest BCUT2D eigenvalue weighted by Gasteiger charge is 2.41. The van der Waals surface area contributed by atoms with Crippen LogP contribution in [-0.4, -0.2) is 44.4 Å². The Balaban J connectivity index is 1.80. The Bertz CT molecular complexity index is 284. The molecule has 2 aliphatic rings. The molecule has 1 heterocycles. The van der Waals surface area contributed by atoms with Crippen LogP contribution in [0.4, 0.5) is 0 Å². The molecule has 104 valence electrons. The minimum atomic E-state index is -0.408. The Hall–Kier alpha value is -0.650. The van der Waals surface area contributed by atoms with Gasteiger partial charge in [-0.05, 0) is 32.6 Å². The van der Waals surface area contributed by atoms with Gasteiger partial charge in [0, 0.05) is 32.4 Å². The van der Waals surface area contributed by atoms with Gasteiger partial charge in [-0.15, -0.1) is 0 Å². The summed E-state index contributed by atoms with van der Waals surface area (Å²) in [4.78, 5) is 12.3. The summed E-state index contributed by atoms with van der Waals surface area (Å²) in [6.45, 7) is 4.42. The van der Waals surface area contributed by atoms with Crippen molar-refractivity contribution in [1.29, 1.82) is 0 Å². The molecule has 1 saturated carbocycles. The molecule has 2 rings (SSSR count). The number of carbonyl (C=O) groups is 1. The van der Waals surface area contributed by atoms with E-state index in [4.69, 9.17) is 15.2 Å². The maximum absolute atomic E-state index is 12.3. The lowest BCUT2D eigenvalue weighted by Gasteiger charge is -2.40. The van der Waals surface area contributed by atoms with Crippen molar-refractivity contribution in [3.05, 3.63) is 0 Å². The third-order valence-electron chi connectivity index (χ3n) is 4.15. The maximum Gasteiger partial charge on any atom is 0.227 e. The molecule has 5 nitrogen and oxygen atoms in total. The third-order valence-corrected chi connectivity index (χ3v) is 4.15. The van der Waals surface area contributed by atoms with Crippen LogP contribution in [-0.2, 0) is 14.3 Å². The fourth-order valence-electron chi connectivity index (χ4n) is 2.68. The van der Waals surface area contributed by atoms with E-state index in [1.165, 1.54) is 0 Å². The SMILES string of the molecule is CCOC1CC(NC(=O)C2(CN)CCOCC2)C1. The molecule has 1 amide bonds. The molecular formula is C13H24N2O3. The number of ether oxygens (including phenoxy) is 2. The Morgan fingerprint density at radius 2 is 2.11 bits per heavy atom. The highest BCUT2D eigenvalue weighted by molar-refractivity contribution is 5.83. The summed E-state index contributed by atoms with van der Waals surface area (Å²) in [6.07, 6.45) is 3.64. The topological polar surface area (TPSA) is 73.6 Å². The lowest BCUT2D eigenvalue weighted by atomic mass is 9.78. The smallest absolute Gasteiger partial charge is 0.227 e. The molecule has 0 aromatic carbocycles. The van der Waals surface area contributed by atoms with E-state index in [0.29, 0.717) is 25.9 Å². The molecular weight excluding hydrogens is 232 g/mol. The van der Waals surface area contributed by atoms with Crippen LogP contribution in [0.15, 0.2) is 0 Å². The van der Waals surface area contributed by atoms with E-state index >= 15 is 0 Å². The Labute approximate surface area is 108 Å². The van der Waals surface area contributed by atoms with Gasteiger partial charge in [-0.25, -0.2) is 0 Å². The molecule has 1 aliphatic carbocycles. The number of hydrogen-bond donors (Lipinski definition) is 2. The molecule has 0 bridgehead atoms. The Kier molecular flexibility index (Phi) is 4.59. The van der Waals surface area contributed by atoms with Gasteiger partial charge in [0.1, 0.15) is 0 Å². The van der Waals surface area contributed by atoms with E-state index in [0.717, 1.165) is 32.3 Å². The zero-order chi connectivity index (χ0) is 13.0. The minimum absolute atomic E-state index is 0.105. The first-order chi connectivity index (χ1) is 8.70. The average Bonchev–Trinajstić information content (AvgIpc) is 2.37. The molecule has 5 heteroatoms. The Morgan fingerprint density at radius 1 is 1.44 bits per heavy atom. The van der Waals surface area contributed by atoms with Gasteiger partial charge in [-0.1, -0.05) is 0 Å². The number of hydrogen-bond acceptors (Lipinski definition) is 4. The second-order valence-corrected chi connectivity index (χ2v) is 5.32. The summed E-state index contributed by atoms with van der Waals surface area (Å²) in [7, 11) is 0. The highest BCUT2D eigenvalue weighted by Crippen LogP contribution is 2.31. The quantitative estimate of drug-likeness (QED) is 0.748. The van der Waals surface area contributed by atoms with Crippen molar-refractivity contribution in [1.82, 2.24) is 5.32 Å². The second kappa shape index (κ2) is 5.99. The molecule has 1 saturated heterocycles. The van der Waals surface area contributed by atoms with Crippen LogP contribution >= 0.6 is 0 Å². The molecule has 0 spiro atoms. The van der Waals surface area contributed by atoms with Crippen LogP contribution < -0.4 is 11.1 Å². The van der Waals surface area contributed by atoms with Gasteiger partial charge < -0.3 is 20.5 Å². The van der Waals surface area contributed by atoms with Gasteiger partial charge in [0.15, 0.2) is 0 Å². The summed E-state index contributed by atoms with van der Waals surface area (Å²) in [6, 6.07) is 0.264. The molecule has 0 aromatic rings. The zero-order valence-corrected chi connectivity index (χ0v) is 11.1. The van der Waals surface area contributed by atoms with Crippen LogP contribution in [0.3, 0.4) is 0 Å². The highest BCUT2D eigenvalue weighted by atomic mass is 16.5. The van der Waals surface area contributed by atoms with Crippen molar-refractivity contribution in [3.8, 4) is 0 Å². The first kappa shape index (κ1) is 13.8. The number of nitrogens with two attached hydrogens (primary N) is 1. The summed E-state index contributed by atoms with van der Waals surface area (Å²) < 4.78 is 10.8. The fraction of sp³-hybridized carbons (Fsp3) is 0.923. The number of rotatable bonds is 5. The maximum atomic E-state index is 12.3. The van der Waals surface area contributed by atoms with Crippen LogP contribution in [0.25, 0.3) is 0 Å². The van der Waals surface area contributed by atoms with Gasteiger partial charge in [-0.2, -0.15) is 0 Å². The van der Waals surface area contributed by atoms with Crippen molar-refractivity contribution in [2.75, 3.05) is 26.4 Å². The fourth-order valence-corrected chi connectivity index (χ4v) is 2.68. The van der Waals surface area contributed by atoms with Crippen molar-refractivity contribution in [2.24, 2.45) is 11.1 Å². The first-order valence-corrected chi connectivity index (χ1v) is 6.90. The van der Waals surface area contributed by atoms with Crippen LogP contribution in [0.2, 0.25) is 0 Å². The number of nitrogens with one attached hydrogen (secondary N) is 1. The normalized spacial score (nSPS) is 30.6. The van der Waals surface area contributed by atoms with Gasteiger partial charge in [-0.3, -0.25) is 4.79 Å². The average molecular weight is 256 g/mol. The molecule has 3 N–H and O–H groups in total. The number of carbonyl (C=O) groups excluding carboxylic acids is 1. The second-order valence-electron chi connectivity index (χ2n) is 5.32. The van der Waals surface area contributed by atoms with Gasteiger partial charge >= 0.3 is 0 Å². The van der Waals surface area contributed by atoms with E-state index in [9.17, 15) is 4.79 Å². The molecule has 0 aromatic heterocycles. The van der Waals surface area contributed by atoms with E-state index in [1.54, 1.807) is 0 Å². The van der Waals surface area contributed by atoms with Crippen LogP contribution in [0, 0.1) is 5.41 Å². The van der Waals surface area contributed by atoms with Crippen LogP contribution in [0.1, 0.15) is 32.6 Å². The molecule has 0 atom stereocenters. The minimum Gasteiger partial charge on any atom is -0.381 e. The third kappa shape index (κ3) is 2.84. The largest absolute Gasteiger partial charge is 0.381 e. The van der Waals surface area contributed by atoms with Crippen molar-refractivity contribution in [2.45, 2.75) is 44.8 Å². The van der Waals surface area contributed by atoms with E-state index < -0.39 is 5.41 Å².